The van der Waals surface area contributed by atoms with Crippen LogP contribution in [0.1, 0.15) is 24.0 Å². The van der Waals surface area contributed by atoms with E-state index in [4.69, 9.17) is 14.2 Å². The molecule has 1 spiro atoms. The maximum absolute atomic E-state index is 6.40. The molecule has 0 aromatic heterocycles. The molecule has 0 saturated carbocycles. The molecule has 5 rings (SSSR count). The summed E-state index contributed by atoms with van der Waals surface area (Å²) in [5, 5.41) is 0. The first-order valence-corrected chi connectivity index (χ1v) is 7.88. The van der Waals surface area contributed by atoms with E-state index in [1.165, 1.54) is 37.1 Å². The minimum Gasteiger partial charge on any atom is -0.493 e. The summed E-state index contributed by atoms with van der Waals surface area (Å²) in [6.45, 7) is 4.28. The molecule has 0 radical (unpaired) electrons. The second-order valence-electron chi connectivity index (χ2n) is 6.40. The van der Waals surface area contributed by atoms with Crippen LogP contribution in [0.3, 0.4) is 0 Å². The minimum absolute atomic E-state index is 0. The summed E-state index contributed by atoms with van der Waals surface area (Å²) < 4.78 is 17.4. The van der Waals surface area contributed by atoms with E-state index in [2.05, 4.69) is 17.0 Å². The van der Waals surface area contributed by atoms with Gasteiger partial charge in [-0.25, -0.2) is 0 Å². The van der Waals surface area contributed by atoms with Crippen LogP contribution < -0.4 is 9.47 Å². The lowest BCUT2D eigenvalue weighted by molar-refractivity contribution is -0.166. The van der Waals surface area contributed by atoms with E-state index < -0.39 is 0 Å². The zero-order valence-electron chi connectivity index (χ0n) is 13.3. The van der Waals surface area contributed by atoms with Crippen LogP contribution in [0.2, 0.25) is 0 Å². The van der Waals surface area contributed by atoms with E-state index in [-0.39, 0.29) is 18.0 Å². The molecule has 4 heterocycles. The topological polar surface area (TPSA) is 30.9 Å². The molecule has 3 fully saturated rings. The highest BCUT2D eigenvalue weighted by Gasteiger charge is 2.51. The largest absolute Gasteiger partial charge is 0.493 e. The molecular formula is C17H24ClNO3. The number of benzene rings is 1. The summed E-state index contributed by atoms with van der Waals surface area (Å²) in [4.78, 5) is 2.55. The van der Waals surface area contributed by atoms with E-state index in [0.29, 0.717) is 5.92 Å². The standard InChI is InChI=1S/C17H23NO3.ClH/c1-19-15-9-12-5-8-21-17(14(12)10-16(15)20-2)11-18-6-3-13(17)4-7-18;/h9-10,13H,3-8,11H2,1-2H3;1H. The molecule has 122 valence electrons. The van der Waals surface area contributed by atoms with E-state index in [0.717, 1.165) is 31.1 Å². The van der Waals surface area contributed by atoms with Crippen LogP contribution in [0.25, 0.3) is 0 Å². The van der Waals surface area contributed by atoms with Crippen molar-refractivity contribution in [3.05, 3.63) is 23.3 Å². The summed E-state index contributed by atoms with van der Waals surface area (Å²) in [5.74, 6) is 2.28. The lowest BCUT2D eigenvalue weighted by Gasteiger charge is -2.55. The van der Waals surface area contributed by atoms with Gasteiger partial charge in [0.25, 0.3) is 0 Å². The Labute approximate surface area is 138 Å². The van der Waals surface area contributed by atoms with Gasteiger partial charge in [-0.3, -0.25) is 0 Å². The van der Waals surface area contributed by atoms with Crippen LogP contribution in [-0.4, -0.2) is 45.4 Å². The third-order valence-electron chi connectivity index (χ3n) is 5.50. The van der Waals surface area contributed by atoms with Crippen molar-refractivity contribution in [2.75, 3.05) is 40.5 Å². The quantitative estimate of drug-likeness (QED) is 0.836. The van der Waals surface area contributed by atoms with Crippen molar-refractivity contribution in [2.45, 2.75) is 24.9 Å². The van der Waals surface area contributed by atoms with Crippen LogP contribution in [-0.2, 0) is 16.8 Å². The maximum atomic E-state index is 6.40. The van der Waals surface area contributed by atoms with E-state index >= 15 is 0 Å². The number of piperidine rings is 3. The third kappa shape index (κ3) is 2.20. The number of hydrogen-bond acceptors (Lipinski definition) is 4. The number of hydrogen-bond donors (Lipinski definition) is 0. The molecule has 1 aromatic carbocycles. The van der Waals surface area contributed by atoms with E-state index in [1.807, 2.05) is 0 Å². The highest BCUT2D eigenvalue weighted by molar-refractivity contribution is 5.85. The van der Waals surface area contributed by atoms with Crippen molar-refractivity contribution in [1.29, 1.82) is 0 Å². The Bertz CT molecular complexity index is 557. The van der Waals surface area contributed by atoms with Crippen molar-refractivity contribution in [1.82, 2.24) is 4.90 Å². The maximum Gasteiger partial charge on any atom is 0.161 e. The molecule has 4 nitrogen and oxygen atoms in total. The predicted molar refractivity (Wildman–Crippen MR) is 87.3 cm³/mol. The number of ether oxygens (including phenoxy) is 3. The summed E-state index contributed by atoms with van der Waals surface area (Å²) >= 11 is 0. The Kier molecular flexibility index (Phi) is 4.27. The first-order chi connectivity index (χ1) is 10.3. The Morgan fingerprint density at radius 3 is 2.41 bits per heavy atom. The molecule has 3 saturated heterocycles. The highest BCUT2D eigenvalue weighted by Crippen LogP contribution is 2.50. The number of nitrogens with zero attached hydrogens (tertiary/aromatic N) is 1. The summed E-state index contributed by atoms with van der Waals surface area (Å²) in [6, 6.07) is 4.31. The van der Waals surface area contributed by atoms with Crippen molar-refractivity contribution in [3.8, 4) is 11.5 Å². The molecule has 0 N–H and O–H groups in total. The van der Waals surface area contributed by atoms with Crippen LogP contribution >= 0.6 is 12.4 Å². The van der Waals surface area contributed by atoms with Crippen molar-refractivity contribution in [3.63, 3.8) is 0 Å². The Hall–Kier alpha value is -0.970. The number of fused-ring (bicyclic) bond motifs is 3. The monoisotopic (exact) mass is 325 g/mol. The number of rotatable bonds is 2. The van der Waals surface area contributed by atoms with Gasteiger partial charge in [0.05, 0.1) is 20.8 Å². The number of methoxy groups -OCH3 is 2. The molecule has 1 unspecified atom stereocenters. The van der Waals surface area contributed by atoms with Crippen LogP contribution in [0, 0.1) is 5.92 Å². The smallest absolute Gasteiger partial charge is 0.161 e. The number of halogens is 1. The fraction of sp³-hybridized carbons (Fsp3) is 0.647. The summed E-state index contributed by atoms with van der Waals surface area (Å²) in [6.07, 6.45) is 3.45. The van der Waals surface area contributed by atoms with Gasteiger partial charge in [0, 0.05) is 6.54 Å². The van der Waals surface area contributed by atoms with Crippen molar-refractivity contribution >= 4 is 12.4 Å². The Morgan fingerprint density at radius 2 is 1.82 bits per heavy atom. The normalized spacial score (nSPS) is 32.3. The van der Waals surface area contributed by atoms with Gasteiger partial charge >= 0.3 is 0 Å². The lowest BCUT2D eigenvalue weighted by Crippen LogP contribution is -2.59. The van der Waals surface area contributed by atoms with Gasteiger partial charge in [-0.15, -0.1) is 12.4 Å². The molecule has 22 heavy (non-hydrogen) atoms. The Morgan fingerprint density at radius 1 is 1.14 bits per heavy atom. The van der Waals surface area contributed by atoms with Gasteiger partial charge in [0.2, 0.25) is 0 Å². The van der Waals surface area contributed by atoms with Crippen molar-refractivity contribution < 1.29 is 14.2 Å². The second-order valence-corrected chi connectivity index (χ2v) is 6.40. The van der Waals surface area contributed by atoms with E-state index in [9.17, 15) is 0 Å². The molecule has 4 aliphatic heterocycles. The van der Waals surface area contributed by atoms with Gasteiger partial charge in [0.15, 0.2) is 11.5 Å². The first kappa shape index (κ1) is 15.9. The first-order valence-electron chi connectivity index (χ1n) is 7.88. The fourth-order valence-corrected chi connectivity index (χ4v) is 4.43. The highest BCUT2D eigenvalue weighted by atomic mass is 35.5. The second kappa shape index (κ2) is 5.91. The zero-order valence-corrected chi connectivity index (χ0v) is 14.1. The molecule has 0 aliphatic carbocycles. The summed E-state index contributed by atoms with van der Waals surface area (Å²) in [5.41, 5.74) is 2.58. The van der Waals surface area contributed by atoms with Crippen LogP contribution in [0.15, 0.2) is 12.1 Å². The zero-order chi connectivity index (χ0) is 14.4. The average Bonchev–Trinajstić information content (AvgIpc) is 2.55. The molecule has 2 bridgehead atoms. The van der Waals surface area contributed by atoms with Crippen LogP contribution in [0.4, 0.5) is 0 Å². The van der Waals surface area contributed by atoms with Crippen molar-refractivity contribution in [2.24, 2.45) is 5.92 Å². The van der Waals surface area contributed by atoms with Gasteiger partial charge in [-0.05, 0) is 61.5 Å². The minimum atomic E-state index is -0.121. The summed E-state index contributed by atoms with van der Waals surface area (Å²) in [7, 11) is 3.41. The third-order valence-corrected chi connectivity index (χ3v) is 5.50. The lowest BCUT2D eigenvalue weighted by atomic mass is 9.69. The van der Waals surface area contributed by atoms with Gasteiger partial charge in [0.1, 0.15) is 5.60 Å². The average molecular weight is 326 g/mol. The molecule has 1 aromatic rings. The molecule has 1 atom stereocenters. The molecule has 4 aliphatic rings. The molecule has 5 heteroatoms. The van der Waals surface area contributed by atoms with Gasteiger partial charge in [-0.2, -0.15) is 0 Å². The Balaban J connectivity index is 0.00000144. The fourth-order valence-electron chi connectivity index (χ4n) is 4.43. The predicted octanol–water partition coefficient (Wildman–Crippen LogP) is 2.62. The molecular weight excluding hydrogens is 302 g/mol. The van der Waals surface area contributed by atoms with Gasteiger partial charge in [-0.1, -0.05) is 0 Å². The van der Waals surface area contributed by atoms with Crippen LogP contribution in [0.5, 0.6) is 11.5 Å². The molecule has 0 amide bonds. The van der Waals surface area contributed by atoms with Gasteiger partial charge < -0.3 is 19.1 Å². The van der Waals surface area contributed by atoms with E-state index in [1.54, 1.807) is 14.2 Å². The SMILES string of the molecule is COc1cc2c(cc1OC)C1(CN3CCC1CC3)OCC2.Cl.